The highest BCUT2D eigenvalue weighted by Gasteiger charge is 2.30. The second-order valence-electron chi connectivity index (χ2n) is 9.68. The van der Waals surface area contributed by atoms with Gasteiger partial charge in [-0.25, -0.2) is 4.79 Å². The Labute approximate surface area is 243 Å². The van der Waals surface area contributed by atoms with E-state index in [2.05, 4.69) is 9.62 Å². The number of carbonyl (C=O) groups excluding carboxylic acids is 1. The second-order valence-corrected chi connectivity index (χ2v) is 10.9. The van der Waals surface area contributed by atoms with E-state index in [9.17, 15) is 14.7 Å². The number of fused-ring (bicyclic) bond motifs is 3. The lowest BCUT2D eigenvalue weighted by Crippen LogP contribution is -2.23. The molecule has 1 amide bonds. The van der Waals surface area contributed by atoms with Crippen molar-refractivity contribution in [3.8, 4) is 22.3 Å². The lowest BCUT2D eigenvalue weighted by atomic mass is 9.81. The Morgan fingerprint density at radius 1 is 1.00 bits per heavy atom. The van der Waals surface area contributed by atoms with Crippen LogP contribution in [0.5, 0.6) is 0 Å². The molecule has 0 unspecified atom stereocenters. The number of carboxylic acid groups (broad SMARTS) is 1. The minimum absolute atomic E-state index is 0.0824. The number of rotatable bonds is 7. The van der Waals surface area contributed by atoms with Crippen LogP contribution in [0.2, 0.25) is 5.02 Å². The lowest BCUT2D eigenvalue weighted by Gasteiger charge is -2.36. The number of carboxylic acids is 1. The first-order valence-electron chi connectivity index (χ1n) is 12.8. The summed E-state index contributed by atoms with van der Waals surface area (Å²) in [6, 6.07) is 22.9. The molecule has 1 heterocycles. The molecule has 8 heteroatoms. The highest BCUT2D eigenvalue weighted by molar-refractivity contribution is 7.99. The van der Waals surface area contributed by atoms with Gasteiger partial charge in [0, 0.05) is 22.5 Å². The number of aliphatic carboxylic acids is 1. The average Bonchev–Trinajstić information content (AvgIpc) is 2.94. The van der Waals surface area contributed by atoms with Crippen LogP contribution in [0.4, 0.5) is 16.2 Å². The molecular weight excluding hydrogens is 544 g/mol. The predicted molar refractivity (Wildman–Crippen MR) is 163 cm³/mol. The van der Waals surface area contributed by atoms with Crippen LogP contribution in [0, 0.1) is 13.8 Å². The van der Waals surface area contributed by atoms with Crippen molar-refractivity contribution in [2.24, 2.45) is 0 Å². The number of benzene rings is 4. The van der Waals surface area contributed by atoms with E-state index in [1.165, 1.54) is 0 Å². The molecule has 0 fully saturated rings. The quantitative estimate of drug-likeness (QED) is 0.217. The molecule has 2 N–H and O–H groups in total. The fraction of sp³-hybridized carbons (Fsp3) is 0.188. The van der Waals surface area contributed by atoms with E-state index in [-0.39, 0.29) is 13.0 Å². The van der Waals surface area contributed by atoms with Crippen LogP contribution in [0.3, 0.4) is 0 Å². The molecule has 0 radical (unpaired) electrons. The molecular formula is C32H29ClN2O4S. The first-order chi connectivity index (χ1) is 19.3. The van der Waals surface area contributed by atoms with Crippen molar-refractivity contribution < 1.29 is 19.4 Å². The third kappa shape index (κ3) is 5.53. The topological polar surface area (TPSA) is 78.9 Å². The maximum atomic E-state index is 12.5. The van der Waals surface area contributed by atoms with E-state index in [1.807, 2.05) is 92.9 Å². The Morgan fingerprint density at radius 2 is 1.73 bits per heavy atom. The summed E-state index contributed by atoms with van der Waals surface area (Å²) in [5.74, 6) is -0.876. The van der Waals surface area contributed by atoms with Crippen molar-refractivity contribution >= 4 is 47.0 Å². The van der Waals surface area contributed by atoms with Crippen molar-refractivity contribution in [3.63, 3.8) is 0 Å². The highest BCUT2D eigenvalue weighted by Crippen LogP contribution is 2.50. The molecule has 4 aromatic rings. The normalized spacial score (nSPS) is 11.9. The van der Waals surface area contributed by atoms with Gasteiger partial charge >= 0.3 is 12.1 Å². The van der Waals surface area contributed by atoms with Gasteiger partial charge in [-0.3, -0.25) is 10.1 Å². The van der Waals surface area contributed by atoms with Gasteiger partial charge in [-0.2, -0.15) is 0 Å². The number of carbonyl (C=O) groups is 2. The predicted octanol–water partition coefficient (Wildman–Crippen LogP) is 8.26. The molecule has 0 saturated heterocycles. The fourth-order valence-corrected chi connectivity index (χ4v) is 6.19. The van der Waals surface area contributed by atoms with Crippen LogP contribution in [0.1, 0.15) is 27.8 Å². The summed E-state index contributed by atoms with van der Waals surface area (Å²) < 4.78 is 7.59. The molecule has 0 aromatic heterocycles. The zero-order valence-electron chi connectivity index (χ0n) is 22.5. The van der Waals surface area contributed by atoms with E-state index in [0.29, 0.717) is 17.3 Å². The Bertz CT molecular complexity index is 1590. The number of nitrogens with zero attached hydrogens (tertiary/aromatic N) is 1. The summed E-state index contributed by atoms with van der Waals surface area (Å²) in [6.07, 6.45) is 1.41. The molecule has 5 rings (SSSR count). The maximum absolute atomic E-state index is 12.5. The van der Waals surface area contributed by atoms with Crippen LogP contribution in [0.25, 0.3) is 22.3 Å². The summed E-state index contributed by atoms with van der Waals surface area (Å²) in [4.78, 5) is 24.5. The zero-order valence-corrected chi connectivity index (χ0v) is 24.0. The largest absolute Gasteiger partial charge is 0.481 e. The third-order valence-corrected chi connectivity index (χ3v) is 8.18. The number of hydrogen-bond acceptors (Lipinski definition) is 5. The number of anilines is 2. The van der Waals surface area contributed by atoms with Crippen molar-refractivity contribution in [3.05, 3.63) is 106 Å². The first-order valence-corrected chi connectivity index (χ1v) is 14.4. The van der Waals surface area contributed by atoms with Crippen molar-refractivity contribution in [1.82, 2.24) is 0 Å². The van der Waals surface area contributed by atoms with Gasteiger partial charge in [-0.1, -0.05) is 72.1 Å². The smallest absolute Gasteiger partial charge is 0.411 e. The number of hydrogen-bond donors (Lipinski definition) is 2. The van der Waals surface area contributed by atoms with Gasteiger partial charge in [0.15, 0.2) is 0 Å². The average molecular weight is 573 g/mol. The molecule has 0 aliphatic carbocycles. The second kappa shape index (κ2) is 11.7. The lowest BCUT2D eigenvalue weighted by molar-refractivity contribution is -0.136. The minimum Gasteiger partial charge on any atom is -0.481 e. The monoisotopic (exact) mass is 572 g/mol. The third-order valence-electron chi connectivity index (χ3n) is 7.17. The van der Waals surface area contributed by atoms with Crippen molar-refractivity contribution in [2.45, 2.75) is 33.4 Å². The summed E-state index contributed by atoms with van der Waals surface area (Å²) in [5, 5.41) is 13.3. The number of ether oxygens (including phenoxy) is 1. The molecule has 6 nitrogen and oxygen atoms in total. The van der Waals surface area contributed by atoms with Gasteiger partial charge in [0.2, 0.25) is 0 Å². The first kappa shape index (κ1) is 27.6. The Morgan fingerprint density at radius 3 is 2.40 bits per heavy atom. The summed E-state index contributed by atoms with van der Waals surface area (Å²) >= 11 is 7.76. The molecule has 40 heavy (non-hydrogen) atoms. The fourth-order valence-electron chi connectivity index (χ4n) is 5.38. The number of amides is 1. The maximum Gasteiger partial charge on any atom is 0.411 e. The van der Waals surface area contributed by atoms with Gasteiger partial charge in [0.1, 0.15) is 6.61 Å². The van der Waals surface area contributed by atoms with Crippen LogP contribution in [0.15, 0.2) is 72.8 Å². The Hall–Kier alpha value is -3.94. The summed E-state index contributed by atoms with van der Waals surface area (Å²) in [6.45, 7) is 4.85. The SMILES string of the molecule is CSN1Cc2cc(NC(=O)OCc3ccccc3)ccc2-c2c(C)c(-c3ccc(Cl)cc3)c(CC(=O)O)c(C)c21. The standard InChI is InChI=1S/C32H29ClN2O4S/c1-19-27(16-28(36)37)29(22-9-11-24(33)12-10-22)20(2)30-26-14-13-25(15-23(26)17-35(40-3)31(19)30)34-32(38)39-18-21-7-5-4-6-8-21/h4-15H,16-18H2,1-3H3,(H,34,38)(H,36,37). The van der Waals surface area contributed by atoms with E-state index < -0.39 is 12.1 Å². The van der Waals surface area contributed by atoms with E-state index >= 15 is 0 Å². The summed E-state index contributed by atoms with van der Waals surface area (Å²) in [7, 11) is 0. The zero-order chi connectivity index (χ0) is 28.4. The molecule has 1 aliphatic rings. The van der Waals surface area contributed by atoms with Gasteiger partial charge in [-0.05, 0) is 82.6 Å². The molecule has 0 saturated carbocycles. The van der Waals surface area contributed by atoms with Crippen LogP contribution in [-0.2, 0) is 29.1 Å². The highest BCUT2D eigenvalue weighted by atomic mass is 35.5. The molecule has 4 aromatic carbocycles. The number of halogens is 1. The number of nitrogens with one attached hydrogen (secondary N) is 1. The van der Waals surface area contributed by atoms with Crippen LogP contribution in [-0.4, -0.2) is 23.4 Å². The summed E-state index contributed by atoms with van der Waals surface area (Å²) in [5.41, 5.74) is 10.3. The van der Waals surface area contributed by atoms with Crippen LogP contribution < -0.4 is 9.62 Å². The van der Waals surface area contributed by atoms with Gasteiger partial charge < -0.3 is 14.1 Å². The van der Waals surface area contributed by atoms with Crippen molar-refractivity contribution in [2.75, 3.05) is 15.9 Å². The van der Waals surface area contributed by atoms with Gasteiger partial charge in [0.05, 0.1) is 18.7 Å². The molecule has 0 atom stereocenters. The van der Waals surface area contributed by atoms with E-state index in [4.69, 9.17) is 16.3 Å². The minimum atomic E-state index is -0.876. The Balaban J connectivity index is 1.56. The van der Waals surface area contributed by atoms with Crippen LogP contribution >= 0.6 is 23.5 Å². The molecule has 1 aliphatic heterocycles. The molecule has 0 spiro atoms. The van der Waals surface area contributed by atoms with E-state index in [1.54, 1.807) is 11.9 Å². The molecule has 204 valence electrons. The Kier molecular flexibility index (Phi) is 8.05. The van der Waals surface area contributed by atoms with Gasteiger partial charge in [-0.15, -0.1) is 0 Å². The van der Waals surface area contributed by atoms with E-state index in [0.717, 1.165) is 55.8 Å². The van der Waals surface area contributed by atoms with Crippen molar-refractivity contribution in [1.29, 1.82) is 0 Å². The van der Waals surface area contributed by atoms with Gasteiger partial charge in [0.25, 0.3) is 0 Å². The molecule has 0 bridgehead atoms.